The van der Waals surface area contributed by atoms with Crippen molar-refractivity contribution in [3.8, 4) is 23.0 Å². The Kier molecular flexibility index (Phi) is 11.8. The van der Waals surface area contributed by atoms with Crippen LogP contribution in [0.5, 0.6) is 23.0 Å². The lowest BCUT2D eigenvalue weighted by Crippen LogP contribution is -2.49. The summed E-state index contributed by atoms with van der Waals surface area (Å²) in [5.41, 5.74) is 1.50. The van der Waals surface area contributed by atoms with Gasteiger partial charge in [-0.05, 0) is 72.1 Å². The monoisotopic (exact) mass is 725 g/mol. The molecule has 2 aliphatic rings. The number of likely N-dealkylation sites (tertiary alicyclic amines) is 1. The van der Waals surface area contributed by atoms with Gasteiger partial charge >= 0.3 is 0 Å². The number of carbonyl (C=O) groups is 4. The average molecular weight is 726 g/mol. The zero-order valence-electron chi connectivity index (χ0n) is 29.4. The van der Waals surface area contributed by atoms with Gasteiger partial charge in [0.05, 0.1) is 32.4 Å². The van der Waals surface area contributed by atoms with Crippen LogP contribution >= 0.6 is 0 Å². The summed E-state index contributed by atoms with van der Waals surface area (Å²) in [5, 5.41) is 5.79. The first kappa shape index (κ1) is 36.8. The molecule has 0 saturated carbocycles. The van der Waals surface area contributed by atoms with Crippen LogP contribution in [0.1, 0.15) is 45.2 Å². The van der Waals surface area contributed by atoms with E-state index in [4.69, 9.17) is 18.9 Å². The van der Waals surface area contributed by atoms with Crippen LogP contribution in [0, 0.1) is 5.82 Å². The molecule has 0 unspecified atom stereocenters. The van der Waals surface area contributed by atoms with Gasteiger partial charge in [-0.2, -0.15) is 0 Å². The standard InChI is InChI=1S/C39H40FN5O8/c1-3-11-44-22-36(46)43-34-20-45(37(47)24-51-31-6-4-5-30(18-31)50-2)21-35(34)52-23-26-12-29(40)17-32(13-26)53-33-15-27(14-28(16-33)39(44)49)38(48)42-19-25-7-9-41-10-8-25/h4-10,12-18,34-35H,3,11,19-24H2,1-2H3,(H,42,48)(H,43,46)/t34-,35-/m1/s1. The Hall–Kier alpha value is -6.02. The third kappa shape index (κ3) is 9.65. The van der Waals surface area contributed by atoms with Gasteiger partial charge in [-0.1, -0.05) is 13.0 Å². The molecule has 4 aromatic rings. The Morgan fingerprint density at radius 3 is 2.58 bits per heavy atom. The van der Waals surface area contributed by atoms with Gasteiger partial charge in [0.15, 0.2) is 6.61 Å². The maximum atomic E-state index is 14.9. The molecule has 1 fully saturated rings. The van der Waals surface area contributed by atoms with Crippen molar-refractivity contribution in [1.82, 2.24) is 25.4 Å². The zero-order chi connectivity index (χ0) is 37.3. The van der Waals surface area contributed by atoms with E-state index in [0.717, 1.165) is 5.56 Å². The second-order valence-corrected chi connectivity index (χ2v) is 12.7. The molecule has 53 heavy (non-hydrogen) atoms. The van der Waals surface area contributed by atoms with Crippen LogP contribution in [0.2, 0.25) is 0 Å². The molecule has 4 bridgehead atoms. The number of hydrogen-bond acceptors (Lipinski definition) is 9. The molecule has 13 nitrogen and oxygen atoms in total. The molecule has 276 valence electrons. The second-order valence-electron chi connectivity index (χ2n) is 12.7. The van der Waals surface area contributed by atoms with Crippen LogP contribution in [-0.2, 0) is 27.5 Å². The van der Waals surface area contributed by atoms with Crippen molar-refractivity contribution >= 4 is 23.6 Å². The fourth-order valence-corrected chi connectivity index (χ4v) is 6.14. The van der Waals surface area contributed by atoms with Gasteiger partial charge in [0.2, 0.25) is 5.91 Å². The van der Waals surface area contributed by atoms with Crippen molar-refractivity contribution in [2.45, 2.75) is 38.6 Å². The van der Waals surface area contributed by atoms with E-state index in [1.54, 1.807) is 54.9 Å². The maximum Gasteiger partial charge on any atom is 0.260 e. The summed E-state index contributed by atoms with van der Waals surface area (Å²) in [6, 6.07) is 18.2. The normalized spacial score (nSPS) is 17.3. The van der Waals surface area contributed by atoms with Crippen LogP contribution in [-0.4, -0.2) is 90.5 Å². The van der Waals surface area contributed by atoms with Crippen LogP contribution < -0.4 is 24.8 Å². The summed E-state index contributed by atoms with van der Waals surface area (Å²) in [7, 11) is 1.53. The lowest BCUT2D eigenvalue weighted by molar-refractivity contribution is -0.133. The van der Waals surface area contributed by atoms with E-state index in [1.807, 2.05) is 6.92 Å². The lowest BCUT2D eigenvalue weighted by Gasteiger charge is -2.25. The number of aromatic nitrogens is 1. The van der Waals surface area contributed by atoms with E-state index < -0.39 is 35.7 Å². The third-order valence-electron chi connectivity index (χ3n) is 8.73. The van der Waals surface area contributed by atoms with Crippen molar-refractivity contribution in [3.05, 3.63) is 113 Å². The minimum absolute atomic E-state index is 0.0589. The summed E-state index contributed by atoms with van der Waals surface area (Å²) >= 11 is 0. The Labute approximate surface area is 306 Å². The molecule has 0 spiro atoms. The number of halogens is 1. The molecule has 4 amide bonds. The first-order valence-electron chi connectivity index (χ1n) is 17.2. The van der Waals surface area contributed by atoms with Crippen molar-refractivity contribution in [2.75, 3.05) is 39.9 Å². The number of carbonyl (C=O) groups excluding carboxylic acids is 4. The quantitative estimate of drug-likeness (QED) is 0.260. The number of hydrogen-bond donors (Lipinski definition) is 2. The molecular weight excluding hydrogens is 685 g/mol. The largest absolute Gasteiger partial charge is 0.497 e. The van der Waals surface area contributed by atoms with Gasteiger partial charge < -0.3 is 39.4 Å². The molecule has 2 aliphatic heterocycles. The van der Waals surface area contributed by atoms with Crippen molar-refractivity contribution < 1.29 is 42.5 Å². The second kappa shape index (κ2) is 17.0. The molecule has 1 aromatic heterocycles. The highest BCUT2D eigenvalue weighted by Crippen LogP contribution is 2.28. The molecule has 14 heteroatoms. The number of benzene rings is 3. The van der Waals surface area contributed by atoms with E-state index in [2.05, 4.69) is 15.6 Å². The first-order valence-corrected chi connectivity index (χ1v) is 17.2. The number of pyridine rings is 1. The summed E-state index contributed by atoms with van der Waals surface area (Å²) in [6.45, 7) is 1.98. The Balaban J connectivity index is 1.25. The minimum Gasteiger partial charge on any atom is -0.497 e. The smallest absolute Gasteiger partial charge is 0.260 e. The molecule has 3 aromatic carbocycles. The highest BCUT2D eigenvalue weighted by molar-refractivity contribution is 6.01. The zero-order valence-corrected chi connectivity index (χ0v) is 29.4. The number of rotatable bonds is 9. The molecule has 3 heterocycles. The molecule has 2 atom stereocenters. The SMILES string of the molecule is CCCN1CC(=O)N[C@@H]2CN(C(=O)COc3cccc(OC)c3)C[C@H]2OCc2cc(F)cc(c2)Oc2cc(C(=O)NCc3ccncc3)cc(c2)C1=O. The predicted molar refractivity (Wildman–Crippen MR) is 190 cm³/mol. The van der Waals surface area contributed by atoms with Gasteiger partial charge in [0.1, 0.15) is 28.8 Å². The number of amides is 4. The van der Waals surface area contributed by atoms with Gasteiger partial charge in [-0.15, -0.1) is 0 Å². The molecule has 1 saturated heterocycles. The Bertz CT molecular complexity index is 1960. The van der Waals surface area contributed by atoms with E-state index in [9.17, 15) is 23.6 Å². The summed E-state index contributed by atoms with van der Waals surface area (Å²) in [4.78, 5) is 61.1. The van der Waals surface area contributed by atoms with Crippen molar-refractivity contribution in [3.63, 3.8) is 0 Å². The molecule has 0 aliphatic carbocycles. The summed E-state index contributed by atoms with van der Waals surface area (Å²) in [6.07, 6.45) is 3.12. The van der Waals surface area contributed by atoms with E-state index in [-0.39, 0.29) is 74.5 Å². The predicted octanol–water partition coefficient (Wildman–Crippen LogP) is 4.11. The van der Waals surface area contributed by atoms with E-state index in [0.29, 0.717) is 23.5 Å². The minimum atomic E-state index is -0.656. The fourth-order valence-electron chi connectivity index (χ4n) is 6.14. The molecular formula is C39H40FN5O8. The van der Waals surface area contributed by atoms with Crippen LogP contribution in [0.15, 0.2) is 85.2 Å². The van der Waals surface area contributed by atoms with Crippen molar-refractivity contribution in [1.29, 1.82) is 0 Å². The Morgan fingerprint density at radius 1 is 1.00 bits per heavy atom. The third-order valence-corrected chi connectivity index (χ3v) is 8.73. The molecule has 6 rings (SSSR count). The fraction of sp³-hybridized carbons (Fsp3) is 0.308. The lowest BCUT2D eigenvalue weighted by atomic mass is 10.1. The van der Waals surface area contributed by atoms with Gasteiger partial charge in [0, 0.05) is 61.8 Å². The molecule has 2 N–H and O–H groups in total. The number of nitrogens with one attached hydrogen (secondary N) is 2. The number of fused-ring (bicyclic) bond motifs is 5. The van der Waals surface area contributed by atoms with Gasteiger partial charge in [-0.3, -0.25) is 24.2 Å². The highest BCUT2D eigenvalue weighted by atomic mass is 19.1. The van der Waals surface area contributed by atoms with Crippen LogP contribution in [0.25, 0.3) is 0 Å². The van der Waals surface area contributed by atoms with Crippen LogP contribution in [0.4, 0.5) is 4.39 Å². The summed E-state index contributed by atoms with van der Waals surface area (Å²) in [5.74, 6) is -1.07. The number of ether oxygens (including phenoxy) is 4. The van der Waals surface area contributed by atoms with Crippen LogP contribution in [0.3, 0.4) is 0 Å². The number of methoxy groups -OCH3 is 1. The van der Waals surface area contributed by atoms with E-state index in [1.165, 1.54) is 47.2 Å². The highest BCUT2D eigenvalue weighted by Gasteiger charge is 2.37. The Morgan fingerprint density at radius 2 is 1.79 bits per heavy atom. The summed E-state index contributed by atoms with van der Waals surface area (Å²) < 4.78 is 38.2. The van der Waals surface area contributed by atoms with Gasteiger partial charge in [-0.25, -0.2) is 4.39 Å². The topological polar surface area (TPSA) is 149 Å². The first-order chi connectivity index (χ1) is 25.7. The van der Waals surface area contributed by atoms with E-state index >= 15 is 0 Å². The maximum absolute atomic E-state index is 14.9. The average Bonchev–Trinajstić information content (AvgIpc) is 3.56. The number of nitrogens with zero attached hydrogens (tertiary/aromatic N) is 3. The van der Waals surface area contributed by atoms with Gasteiger partial charge in [0.25, 0.3) is 17.7 Å². The molecule has 0 radical (unpaired) electrons. The van der Waals surface area contributed by atoms with Crippen molar-refractivity contribution in [2.24, 2.45) is 0 Å².